The monoisotopic (exact) mass is 775 g/mol. The Kier molecular flexibility index (Phi) is 15.1. The van der Waals surface area contributed by atoms with E-state index in [4.69, 9.17) is 11.5 Å². The number of unbranched alkanes of at least 4 members (excludes halogenated alkanes) is 2. The van der Waals surface area contributed by atoms with Gasteiger partial charge in [0.1, 0.15) is 12.1 Å². The predicted molar refractivity (Wildman–Crippen MR) is 215 cm³/mol. The lowest BCUT2D eigenvalue weighted by Crippen LogP contribution is -2.57. The number of aryl methyl sites for hydroxylation is 3. The average Bonchev–Trinajstić information content (AvgIpc) is 3.73. The number of aliphatic hydroxyl groups excluding tert-OH is 1. The Labute approximate surface area is 328 Å². The van der Waals surface area contributed by atoms with Gasteiger partial charge in [0.05, 0.1) is 34.3 Å². The summed E-state index contributed by atoms with van der Waals surface area (Å²) in [5.41, 5.74) is 17.8. The number of primary amides is 1. The molecule has 0 unspecified atom stereocenters. The standard InChI is InChI=1S/C41H57N7O6S/c1-24-18-27(20-30(19-24)46-38(52)32(42)16-17-34(43)50)10-8-7-9-11-35(51)47-37(41(4,5)6)40(54)48-22-31(49)21-33(48)39(53)45-25(2)28-12-14-29(15-13-28)36-26(3)44-23-55-36/h12-15,18-20,23,25,31-33,37,49H,7-11,16-17,21-22,42H2,1-6H3,(H2,43,50)(H,45,53)(H,46,52)(H,47,51)/t25-,31+,32-,33-,37+/m0/s1. The number of benzene rings is 2. The Hall–Kier alpha value is -4.66. The van der Waals surface area contributed by atoms with Gasteiger partial charge in [-0.1, -0.05) is 57.5 Å². The molecule has 1 saturated heterocycles. The van der Waals surface area contributed by atoms with Crippen molar-refractivity contribution >= 4 is 46.6 Å². The molecule has 14 heteroatoms. The molecule has 0 saturated carbocycles. The molecule has 1 aliphatic rings. The van der Waals surface area contributed by atoms with Gasteiger partial charge in [-0.25, -0.2) is 4.98 Å². The van der Waals surface area contributed by atoms with Gasteiger partial charge in [-0.05, 0) is 86.3 Å². The van der Waals surface area contributed by atoms with Crippen molar-refractivity contribution in [1.29, 1.82) is 0 Å². The molecular weight excluding hydrogens is 719 g/mol. The first kappa shape index (κ1) is 43.1. The summed E-state index contributed by atoms with van der Waals surface area (Å²) >= 11 is 1.57. The van der Waals surface area contributed by atoms with Crippen LogP contribution in [0.2, 0.25) is 0 Å². The van der Waals surface area contributed by atoms with Crippen LogP contribution in [0.5, 0.6) is 0 Å². The predicted octanol–water partition coefficient (Wildman–Crippen LogP) is 4.43. The minimum Gasteiger partial charge on any atom is -0.391 e. The molecule has 298 valence electrons. The molecule has 2 heterocycles. The molecule has 0 radical (unpaired) electrons. The first-order valence-corrected chi connectivity index (χ1v) is 19.8. The van der Waals surface area contributed by atoms with Crippen molar-refractivity contribution in [3.8, 4) is 10.4 Å². The highest BCUT2D eigenvalue weighted by Crippen LogP contribution is 2.30. The second-order valence-corrected chi connectivity index (χ2v) is 16.6. The van der Waals surface area contributed by atoms with Crippen molar-refractivity contribution in [3.63, 3.8) is 0 Å². The summed E-state index contributed by atoms with van der Waals surface area (Å²) in [5, 5.41) is 19.4. The summed E-state index contributed by atoms with van der Waals surface area (Å²) < 4.78 is 0. The molecule has 0 spiro atoms. The van der Waals surface area contributed by atoms with E-state index in [2.05, 4.69) is 20.9 Å². The number of amides is 5. The van der Waals surface area contributed by atoms with E-state index in [9.17, 15) is 29.1 Å². The maximum atomic E-state index is 14.0. The Morgan fingerprint density at radius 3 is 2.35 bits per heavy atom. The van der Waals surface area contributed by atoms with Crippen LogP contribution < -0.4 is 27.4 Å². The van der Waals surface area contributed by atoms with Gasteiger partial charge in [0.25, 0.3) is 0 Å². The molecule has 0 bridgehead atoms. The number of likely N-dealkylation sites (tertiary alicyclic amines) is 1. The number of anilines is 1. The first-order chi connectivity index (χ1) is 25.9. The van der Waals surface area contributed by atoms with Gasteiger partial charge in [0.15, 0.2) is 0 Å². The van der Waals surface area contributed by atoms with Crippen LogP contribution in [0.3, 0.4) is 0 Å². The molecule has 5 atom stereocenters. The van der Waals surface area contributed by atoms with E-state index in [1.54, 1.807) is 11.3 Å². The maximum Gasteiger partial charge on any atom is 0.246 e. The average molecular weight is 776 g/mol. The van der Waals surface area contributed by atoms with Crippen molar-refractivity contribution < 1.29 is 29.1 Å². The minimum absolute atomic E-state index is 0.00308. The Morgan fingerprint density at radius 1 is 1.00 bits per heavy atom. The molecule has 1 aliphatic heterocycles. The lowest BCUT2D eigenvalue weighted by molar-refractivity contribution is -0.144. The van der Waals surface area contributed by atoms with Crippen LogP contribution in [-0.4, -0.2) is 75.3 Å². The normalized spacial score (nSPS) is 17.3. The zero-order valence-electron chi connectivity index (χ0n) is 32.8. The topological polar surface area (TPSA) is 210 Å². The van der Waals surface area contributed by atoms with Gasteiger partial charge in [-0.15, -0.1) is 11.3 Å². The number of nitrogens with two attached hydrogens (primary N) is 2. The SMILES string of the molecule is Cc1cc(CCCCCC(=O)N[C@H](C(=O)N2C[C@H](O)C[C@H]2C(=O)N[C@@H](C)c2ccc(-c3scnc3C)cc2)C(C)(C)C)cc(NC(=O)[C@@H](N)CCC(N)=O)c1. The third kappa shape index (κ3) is 12.4. The number of carbonyl (C=O) groups excluding carboxylic acids is 5. The molecule has 1 aromatic heterocycles. The van der Waals surface area contributed by atoms with Crippen molar-refractivity contribution in [2.24, 2.45) is 16.9 Å². The fraction of sp³-hybridized carbons (Fsp3) is 0.512. The number of aliphatic hydroxyl groups is 1. The minimum atomic E-state index is -0.898. The van der Waals surface area contributed by atoms with Gasteiger partial charge < -0.3 is 37.4 Å². The van der Waals surface area contributed by atoms with E-state index in [1.165, 1.54) is 4.90 Å². The molecule has 5 amide bonds. The van der Waals surface area contributed by atoms with Crippen LogP contribution in [-0.2, 0) is 30.4 Å². The molecule has 8 N–H and O–H groups in total. The molecule has 4 rings (SSSR count). The molecule has 55 heavy (non-hydrogen) atoms. The van der Waals surface area contributed by atoms with Crippen LogP contribution >= 0.6 is 11.3 Å². The lowest BCUT2D eigenvalue weighted by Gasteiger charge is -2.35. The van der Waals surface area contributed by atoms with Gasteiger partial charge in [-0.3, -0.25) is 24.0 Å². The van der Waals surface area contributed by atoms with Crippen molar-refractivity contribution in [3.05, 3.63) is 70.4 Å². The number of nitrogens with one attached hydrogen (secondary N) is 3. The molecule has 2 aromatic carbocycles. The number of hydrogen-bond donors (Lipinski definition) is 6. The number of nitrogens with zero attached hydrogens (tertiary/aromatic N) is 2. The molecule has 1 fully saturated rings. The largest absolute Gasteiger partial charge is 0.391 e. The van der Waals surface area contributed by atoms with E-state index in [0.29, 0.717) is 12.1 Å². The van der Waals surface area contributed by atoms with Crippen molar-refractivity contribution in [1.82, 2.24) is 20.5 Å². The summed E-state index contributed by atoms with van der Waals surface area (Å²) in [6.07, 6.45) is 2.59. The summed E-state index contributed by atoms with van der Waals surface area (Å²) in [4.78, 5) is 71.2. The third-order valence-electron chi connectivity index (χ3n) is 9.87. The quantitative estimate of drug-likeness (QED) is 0.108. The number of β-amino-alcohol motifs (C(OH)–C–C–N with tert-alkyl or cyclic N) is 1. The van der Waals surface area contributed by atoms with E-state index >= 15 is 0 Å². The number of rotatable bonds is 17. The Bertz CT molecular complexity index is 1820. The van der Waals surface area contributed by atoms with Gasteiger partial charge in [-0.2, -0.15) is 0 Å². The maximum absolute atomic E-state index is 14.0. The first-order valence-electron chi connectivity index (χ1n) is 19.0. The summed E-state index contributed by atoms with van der Waals surface area (Å²) in [7, 11) is 0. The second-order valence-electron chi connectivity index (χ2n) is 15.8. The lowest BCUT2D eigenvalue weighted by atomic mass is 9.85. The Balaban J connectivity index is 1.28. The number of aromatic nitrogens is 1. The van der Waals surface area contributed by atoms with Crippen LogP contribution in [0.25, 0.3) is 10.4 Å². The number of hydrogen-bond acceptors (Lipinski definition) is 9. The zero-order valence-corrected chi connectivity index (χ0v) is 33.6. The highest BCUT2D eigenvalue weighted by molar-refractivity contribution is 7.13. The fourth-order valence-electron chi connectivity index (χ4n) is 6.78. The van der Waals surface area contributed by atoms with Crippen molar-refractivity contribution in [2.45, 2.75) is 123 Å². The molecule has 3 aromatic rings. The summed E-state index contributed by atoms with van der Waals surface area (Å²) in [5.74, 6) is -1.90. The molecule has 13 nitrogen and oxygen atoms in total. The van der Waals surface area contributed by atoms with E-state index in [-0.39, 0.29) is 56.0 Å². The molecule has 0 aliphatic carbocycles. The summed E-state index contributed by atoms with van der Waals surface area (Å²) in [6.45, 7) is 11.4. The van der Waals surface area contributed by atoms with Crippen LogP contribution in [0.4, 0.5) is 5.69 Å². The van der Waals surface area contributed by atoms with E-state index in [0.717, 1.165) is 52.1 Å². The molecular formula is C41H57N7O6S. The van der Waals surface area contributed by atoms with Crippen LogP contribution in [0, 0.1) is 19.3 Å². The Morgan fingerprint density at radius 2 is 1.71 bits per heavy atom. The zero-order chi connectivity index (χ0) is 40.4. The number of thiazole rings is 1. The van der Waals surface area contributed by atoms with Gasteiger partial charge in [0, 0.05) is 31.5 Å². The van der Waals surface area contributed by atoms with Crippen LogP contribution in [0.1, 0.15) is 101 Å². The highest BCUT2D eigenvalue weighted by Gasteiger charge is 2.44. The number of carbonyl (C=O) groups is 5. The van der Waals surface area contributed by atoms with Crippen molar-refractivity contribution in [2.75, 3.05) is 11.9 Å². The van der Waals surface area contributed by atoms with E-state index in [1.807, 2.05) is 89.5 Å². The smallest absolute Gasteiger partial charge is 0.246 e. The van der Waals surface area contributed by atoms with E-state index < -0.39 is 41.5 Å². The fourth-order valence-corrected chi connectivity index (χ4v) is 7.59. The second kappa shape index (κ2) is 19.3. The van der Waals surface area contributed by atoms with Gasteiger partial charge in [0.2, 0.25) is 29.5 Å². The van der Waals surface area contributed by atoms with Gasteiger partial charge >= 0.3 is 0 Å². The van der Waals surface area contributed by atoms with Crippen LogP contribution in [0.15, 0.2) is 48.0 Å². The highest BCUT2D eigenvalue weighted by atomic mass is 32.1. The summed E-state index contributed by atoms with van der Waals surface area (Å²) in [6, 6.07) is 10.8. The third-order valence-corrected chi connectivity index (χ3v) is 10.9.